The zero-order valence-electron chi connectivity index (χ0n) is 43.4. The second-order valence-corrected chi connectivity index (χ2v) is 21.2. The second-order valence-electron chi connectivity index (χ2n) is 20.1. The molecule has 0 aliphatic carbocycles. The van der Waals surface area contributed by atoms with Crippen LogP contribution in [0.5, 0.6) is 34.5 Å². The number of rotatable bonds is 15. The molecule has 1 spiro atoms. The number of carbonyl (C=O) groups is 6. The molecule has 2 fully saturated rings. The summed E-state index contributed by atoms with van der Waals surface area (Å²) in [6.07, 6.45) is 0.157. The number of phenols is 1. The number of benzene rings is 3. The number of fused-ring (bicyclic) bond motifs is 10. The van der Waals surface area contributed by atoms with Crippen molar-refractivity contribution < 1.29 is 76.9 Å². The number of piperazine rings is 1. The van der Waals surface area contributed by atoms with Gasteiger partial charge in [0.25, 0.3) is 11.8 Å². The lowest BCUT2D eigenvalue weighted by Crippen LogP contribution is -2.69. The minimum atomic E-state index is -1.83. The maximum Gasteiger partial charge on any atom is 0.341 e. The van der Waals surface area contributed by atoms with Gasteiger partial charge < -0.3 is 63.3 Å². The van der Waals surface area contributed by atoms with Gasteiger partial charge in [-0.1, -0.05) is 6.07 Å². The lowest BCUT2D eigenvalue weighted by molar-refractivity contribution is -0.230. The number of thioether (sulfide) groups is 1. The van der Waals surface area contributed by atoms with Crippen LogP contribution in [0.3, 0.4) is 0 Å². The molecule has 4 bridgehead atoms. The highest BCUT2D eigenvalue weighted by atomic mass is 32.2. The van der Waals surface area contributed by atoms with Gasteiger partial charge in [-0.3, -0.25) is 33.8 Å². The van der Waals surface area contributed by atoms with Crippen LogP contribution in [0.25, 0.3) is 10.9 Å². The highest BCUT2D eigenvalue weighted by Gasteiger charge is 2.64. The molecule has 0 radical (unpaired) electrons. The van der Waals surface area contributed by atoms with E-state index >= 15 is 9.59 Å². The summed E-state index contributed by atoms with van der Waals surface area (Å²) in [5.74, 6) is -1.52. The number of nitrogens with zero attached hydrogens (tertiary/aromatic N) is 4. The number of hydrogen-bond acceptors (Lipinski definition) is 19. The lowest BCUT2D eigenvalue weighted by Gasteiger charge is -2.60. The number of methoxy groups -OCH3 is 2. The standard InChI is InChI=1S/C54H60N6O16S/c1-26-21-29-22-34-51(67)60-43(42(57(34)4)39(29)44(66)45(26)70-6)49-40-41(48-47(73-25-74-48)27(2)46(40)75-28(3)61)52(60)76-53(68)54(24-77-49)50-31(32-23-30(69-5)7-8-33(32)56-50)11-16-59(54)38(65)13-17-71-19-20-72-18-14-55-35(62)12-15-58-36(63)9-10-37(58)64/h7-10,21,23,34,42-43,49,51-52,56,66-67H,11-20,22,24-25H2,1-6H3,(H,55,62)/t34-,42+,43?,49+,51-,52-,54+/m0/s1. The molecule has 408 valence electrons. The topological polar surface area (TPSA) is 257 Å². The summed E-state index contributed by atoms with van der Waals surface area (Å²) >= 11 is 1.35. The molecule has 22 nitrogen and oxygen atoms in total. The van der Waals surface area contributed by atoms with Crippen molar-refractivity contribution >= 4 is 58.2 Å². The van der Waals surface area contributed by atoms with Gasteiger partial charge in [0.1, 0.15) is 17.7 Å². The van der Waals surface area contributed by atoms with E-state index in [2.05, 4.69) is 10.3 Å². The first-order valence-electron chi connectivity index (χ1n) is 25.6. The number of hydrogen-bond donors (Lipinski definition) is 4. The van der Waals surface area contributed by atoms with Crippen LogP contribution < -0.4 is 29.0 Å². The van der Waals surface area contributed by atoms with Crippen molar-refractivity contribution in [3.8, 4) is 34.5 Å². The molecule has 1 unspecified atom stereocenters. The number of aryl methyl sites for hydroxylation is 1. The fourth-order valence-electron chi connectivity index (χ4n) is 12.5. The summed E-state index contributed by atoms with van der Waals surface area (Å²) in [4.78, 5) is 90.3. The maximum absolute atomic E-state index is 16.2. The molecule has 7 atom stereocenters. The normalized spacial score (nSPS) is 24.9. The van der Waals surface area contributed by atoms with E-state index in [0.29, 0.717) is 63.6 Å². The van der Waals surface area contributed by atoms with E-state index in [4.69, 9.17) is 37.9 Å². The van der Waals surface area contributed by atoms with E-state index < -0.39 is 71.0 Å². The largest absolute Gasteiger partial charge is 0.504 e. The van der Waals surface area contributed by atoms with E-state index in [-0.39, 0.29) is 94.6 Å². The molecule has 3 aromatic carbocycles. The highest BCUT2D eigenvalue weighted by Crippen LogP contribution is 2.65. The molecule has 4 amide bonds. The van der Waals surface area contributed by atoms with E-state index in [1.165, 1.54) is 37.9 Å². The molecular formula is C54H60N6O16S. The van der Waals surface area contributed by atoms with E-state index in [0.717, 1.165) is 27.0 Å². The van der Waals surface area contributed by atoms with Gasteiger partial charge in [0.15, 0.2) is 34.8 Å². The predicted molar refractivity (Wildman–Crippen MR) is 273 cm³/mol. The van der Waals surface area contributed by atoms with Crippen LogP contribution in [0.2, 0.25) is 0 Å². The Hall–Kier alpha value is -6.89. The van der Waals surface area contributed by atoms with Crippen LogP contribution >= 0.6 is 11.8 Å². The molecule has 9 heterocycles. The SMILES string of the molecule is COc1ccc2[nH]c3c(c2c1)CCN(C(=O)CCOCCOCCNC(=O)CCN1C(=O)C=CC1=O)[C@]31CS[C@@H]2c3c(OC(C)=O)c(C)c4c(c3[C@H](OC1=O)N1C2[C@H]2c3c(cc(C)c(OC)c3O)C[C@@H]([C@@H]1O)N2C)OCO4. The van der Waals surface area contributed by atoms with Gasteiger partial charge in [0.2, 0.25) is 18.6 Å². The third kappa shape index (κ3) is 8.52. The Morgan fingerprint density at radius 2 is 1.69 bits per heavy atom. The average Bonchev–Trinajstić information content (AvgIpc) is 4.23. The Kier molecular flexibility index (Phi) is 13.9. The Balaban J connectivity index is 0.933. The number of aliphatic hydroxyl groups is 1. The molecule has 8 aliphatic heterocycles. The van der Waals surface area contributed by atoms with Crippen molar-refractivity contribution in [3.05, 3.63) is 81.1 Å². The van der Waals surface area contributed by atoms with Crippen LogP contribution in [-0.4, -0.2) is 169 Å². The first-order valence-corrected chi connectivity index (χ1v) is 26.6. The van der Waals surface area contributed by atoms with Gasteiger partial charge in [0, 0.05) is 78.5 Å². The van der Waals surface area contributed by atoms with Crippen molar-refractivity contribution in [2.75, 3.05) is 79.9 Å². The van der Waals surface area contributed by atoms with Crippen LogP contribution in [0.15, 0.2) is 36.4 Å². The number of H-pyrrole nitrogens is 1. The van der Waals surface area contributed by atoms with Gasteiger partial charge in [-0.05, 0) is 68.6 Å². The summed E-state index contributed by atoms with van der Waals surface area (Å²) in [6, 6.07) is 5.52. The van der Waals surface area contributed by atoms with Crippen LogP contribution in [0.1, 0.15) is 81.9 Å². The van der Waals surface area contributed by atoms with Gasteiger partial charge in [-0.15, -0.1) is 11.8 Å². The van der Waals surface area contributed by atoms with Crippen LogP contribution in [0.4, 0.5) is 0 Å². The third-order valence-corrected chi connectivity index (χ3v) is 17.4. The molecule has 1 aromatic heterocycles. The summed E-state index contributed by atoms with van der Waals surface area (Å²) in [5.41, 5.74) is 3.58. The van der Waals surface area contributed by atoms with Crippen molar-refractivity contribution in [1.29, 1.82) is 0 Å². The molecule has 4 aromatic rings. The van der Waals surface area contributed by atoms with Crippen molar-refractivity contribution in [3.63, 3.8) is 0 Å². The Morgan fingerprint density at radius 1 is 0.935 bits per heavy atom. The van der Waals surface area contributed by atoms with Gasteiger partial charge in [-0.2, -0.15) is 0 Å². The lowest BCUT2D eigenvalue weighted by atomic mass is 9.74. The first-order chi connectivity index (χ1) is 37.1. The molecule has 77 heavy (non-hydrogen) atoms. The molecule has 2 saturated heterocycles. The van der Waals surface area contributed by atoms with Gasteiger partial charge >= 0.3 is 11.9 Å². The van der Waals surface area contributed by atoms with E-state index in [1.54, 1.807) is 23.8 Å². The first kappa shape index (κ1) is 52.2. The summed E-state index contributed by atoms with van der Waals surface area (Å²) in [6.45, 7) is 5.41. The third-order valence-electron chi connectivity index (χ3n) is 16.0. The predicted octanol–water partition coefficient (Wildman–Crippen LogP) is 3.24. The number of aromatic nitrogens is 1. The summed E-state index contributed by atoms with van der Waals surface area (Å²) in [5, 5.41) is 27.9. The molecular weight excluding hydrogens is 1020 g/mol. The molecule has 23 heteroatoms. The minimum Gasteiger partial charge on any atom is -0.504 e. The zero-order valence-corrected chi connectivity index (χ0v) is 44.2. The molecule has 4 N–H and O–H groups in total. The monoisotopic (exact) mass is 1080 g/mol. The smallest absolute Gasteiger partial charge is 0.341 e. The van der Waals surface area contributed by atoms with E-state index in [1.807, 2.05) is 43.1 Å². The molecule has 12 rings (SSSR count). The minimum absolute atomic E-state index is 0.0261. The quantitative estimate of drug-likeness (QED) is 0.0577. The Bertz CT molecular complexity index is 3140. The number of phenolic OH excluding ortho intramolecular Hbond substituents is 1. The number of aliphatic hydroxyl groups excluding tert-OH is 1. The summed E-state index contributed by atoms with van der Waals surface area (Å²) < 4.78 is 48.6. The van der Waals surface area contributed by atoms with Crippen LogP contribution in [-0.2, 0) is 61.4 Å². The van der Waals surface area contributed by atoms with Crippen LogP contribution in [0, 0.1) is 13.8 Å². The Morgan fingerprint density at radius 3 is 2.43 bits per heavy atom. The van der Waals surface area contributed by atoms with E-state index in [9.17, 15) is 29.4 Å². The molecule has 8 aliphatic rings. The number of aromatic hydroxyl groups is 1. The number of carbonyl (C=O) groups excluding carboxylic acids is 6. The number of esters is 2. The number of likely N-dealkylation sites (N-methyl/N-ethyl adjacent to an activating group) is 1. The summed E-state index contributed by atoms with van der Waals surface area (Å²) in [7, 11) is 4.97. The van der Waals surface area contributed by atoms with Crippen molar-refractivity contribution in [2.24, 2.45) is 0 Å². The zero-order chi connectivity index (χ0) is 54.2. The molecule has 0 saturated carbocycles. The van der Waals surface area contributed by atoms with Crippen molar-refractivity contribution in [2.45, 2.75) is 87.8 Å². The number of amides is 4. The Labute approximate surface area is 446 Å². The number of ether oxygens (including phenoxy) is 8. The van der Waals surface area contributed by atoms with Crippen molar-refractivity contribution in [1.82, 2.24) is 29.9 Å². The maximum atomic E-state index is 16.2. The number of imide groups is 1. The number of aromatic amines is 1. The second kappa shape index (κ2) is 20.5. The fourth-order valence-corrected chi connectivity index (χ4v) is 14.3. The van der Waals surface area contributed by atoms with Gasteiger partial charge in [0.05, 0.1) is 81.7 Å². The highest BCUT2D eigenvalue weighted by molar-refractivity contribution is 7.99. The number of nitrogens with one attached hydrogen (secondary N) is 2. The fraction of sp³-hybridized carbons (Fsp3) is 0.481. The average molecular weight is 1080 g/mol. The van der Waals surface area contributed by atoms with Gasteiger partial charge in [-0.25, -0.2) is 9.69 Å².